The molecule has 184 valence electrons. The number of nitrogens with one attached hydrogen (secondary N) is 3. The Hall–Kier alpha value is -3.73. The summed E-state index contributed by atoms with van der Waals surface area (Å²) < 4.78 is 35.7. The molecule has 0 bridgehead atoms. The van der Waals surface area contributed by atoms with Crippen LogP contribution < -0.4 is 15.0 Å². The van der Waals surface area contributed by atoms with Gasteiger partial charge in [0.15, 0.2) is 17.5 Å². The first-order valence-electron chi connectivity index (χ1n) is 11.6. The van der Waals surface area contributed by atoms with Crippen molar-refractivity contribution in [1.29, 1.82) is 0 Å². The molecule has 35 heavy (non-hydrogen) atoms. The highest BCUT2D eigenvalue weighted by Gasteiger charge is 2.22. The number of hydrogen-bond donors (Lipinski definition) is 3. The molecule has 1 aliphatic rings. The van der Waals surface area contributed by atoms with Crippen molar-refractivity contribution in [3.63, 3.8) is 0 Å². The van der Waals surface area contributed by atoms with E-state index >= 15 is 4.39 Å². The smallest absolute Gasteiger partial charge is 0.230 e. The first-order chi connectivity index (χ1) is 16.8. The fourth-order valence-electron chi connectivity index (χ4n) is 4.03. The van der Waals surface area contributed by atoms with E-state index in [0.717, 1.165) is 37.6 Å². The fourth-order valence-corrected chi connectivity index (χ4v) is 4.03. The van der Waals surface area contributed by atoms with Gasteiger partial charge < -0.3 is 24.8 Å². The number of anilines is 3. The SMILES string of the molecule is Cc1cc2c(F)c(Oc3cc(Nc4cc(C(C)C)[nH]n4)nc(N4CCN(C)CC4)n3)c(F)cc2[nH]1. The fraction of sp³-hybridized carbons (Fsp3) is 0.375. The molecule has 0 atom stereocenters. The maximum Gasteiger partial charge on any atom is 0.230 e. The molecule has 0 aliphatic carbocycles. The molecule has 0 amide bonds. The number of piperazine rings is 1. The normalized spacial score (nSPS) is 14.8. The molecule has 1 fully saturated rings. The summed E-state index contributed by atoms with van der Waals surface area (Å²) in [4.78, 5) is 16.3. The summed E-state index contributed by atoms with van der Waals surface area (Å²) in [5.74, 6) is -0.409. The molecule has 4 heterocycles. The second-order valence-corrected chi connectivity index (χ2v) is 9.19. The van der Waals surface area contributed by atoms with E-state index < -0.39 is 17.4 Å². The third-order valence-electron chi connectivity index (χ3n) is 6.07. The van der Waals surface area contributed by atoms with Crippen LogP contribution >= 0.6 is 0 Å². The summed E-state index contributed by atoms with van der Waals surface area (Å²) in [6.45, 7) is 9.04. The number of H-pyrrole nitrogens is 2. The summed E-state index contributed by atoms with van der Waals surface area (Å²) in [6.07, 6.45) is 0. The molecule has 1 aliphatic heterocycles. The third-order valence-corrected chi connectivity index (χ3v) is 6.07. The molecule has 5 rings (SSSR count). The molecule has 0 unspecified atom stereocenters. The van der Waals surface area contributed by atoms with Crippen LogP contribution in [0, 0.1) is 18.6 Å². The second kappa shape index (κ2) is 9.14. The number of likely N-dealkylation sites (N-methyl/N-ethyl adjacent to an activating group) is 1. The second-order valence-electron chi connectivity index (χ2n) is 9.19. The van der Waals surface area contributed by atoms with E-state index in [0.29, 0.717) is 23.1 Å². The van der Waals surface area contributed by atoms with Gasteiger partial charge in [0.05, 0.1) is 5.52 Å². The number of aromatic amines is 2. The van der Waals surface area contributed by atoms with Gasteiger partial charge in [0, 0.05) is 61.2 Å². The Morgan fingerprint density at radius 2 is 1.80 bits per heavy atom. The van der Waals surface area contributed by atoms with Crippen LogP contribution in [-0.4, -0.2) is 63.3 Å². The minimum Gasteiger partial charge on any atom is -0.433 e. The van der Waals surface area contributed by atoms with Gasteiger partial charge >= 0.3 is 0 Å². The van der Waals surface area contributed by atoms with Crippen LogP contribution in [0.15, 0.2) is 24.3 Å². The average Bonchev–Trinajstić information content (AvgIpc) is 3.43. The van der Waals surface area contributed by atoms with Gasteiger partial charge in [-0.3, -0.25) is 5.10 Å². The van der Waals surface area contributed by atoms with Gasteiger partial charge in [-0.05, 0) is 26.0 Å². The molecule has 0 radical (unpaired) electrons. The van der Waals surface area contributed by atoms with Crippen molar-refractivity contribution in [3.05, 3.63) is 47.3 Å². The maximum atomic E-state index is 15.2. The summed E-state index contributed by atoms with van der Waals surface area (Å²) >= 11 is 0. The highest BCUT2D eigenvalue weighted by Crippen LogP contribution is 2.34. The minimum absolute atomic E-state index is 0.0282. The van der Waals surface area contributed by atoms with Crippen molar-refractivity contribution < 1.29 is 13.5 Å². The predicted octanol–water partition coefficient (Wildman–Crippen LogP) is 4.68. The Bertz CT molecular complexity index is 1360. The van der Waals surface area contributed by atoms with Crippen LogP contribution in [0.3, 0.4) is 0 Å². The number of benzene rings is 1. The first-order valence-corrected chi connectivity index (χ1v) is 11.6. The van der Waals surface area contributed by atoms with Crippen LogP contribution in [0.1, 0.15) is 31.2 Å². The lowest BCUT2D eigenvalue weighted by Gasteiger charge is -2.32. The van der Waals surface area contributed by atoms with E-state index in [4.69, 9.17) is 4.74 Å². The lowest BCUT2D eigenvalue weighted by molar-refractivity contribution is 0.310. The quantitative estimate of drug-likeness (QED) is 0.367. The lowest BCUT2D eigenvalue weighted by atomic mass is 10.1. The van der Waals surface area contributed by atoms with Crippen LogP contribution in [0.25, 0.3) is 10.9 Å². The van der Waals surface area contributed by atoms with Gasteiger partial charge in [0.2, 0.25) is 17.6 Å². The van der Waals surface area contributed by atoms with Crippen molar-refractivity contribution in [1.82, 2.24) is 30.0 Å². The van der Waals surface area contributed by atoms with Gasteiger partial charge in [-0.1, -0.05) is 13.8 Å². The van der Waals surface area contributed by atoms with E-state index in [9.17, 15) is 4.39 Å². The molecule has 4 aromatic rings. The van der Waals surface area contributed by atoms with Crippen LogP contribution in [0.2, 0.25) is 0 Å². The van der Waals surface area contributed by atoms with Gasteiger partial charge in [-0.25, -0.2) is 8.78 Å². The zero-order valence-electron chi connectivity index (χ0n) is 20.1. The van der Waals surface area contributed by atoms with Crippen molar-refractivity contribution in [2.75, 3.05) is 43.4 Å². The standard InChI is InChI=1S/C24H28F2N8O/c1-13(2)17-11-20(32-31-17)28-19-12-21(30-24(29-19)34-7-5-33(4)6-8-34)35-23-16(25)10-18-15(22(23)26)9-14(3)27-18/h9-13,27H,5-8H2,1-4H3,(H2,28,29,30,31,32). The molecular weight excluding hydrogens is 454 g/mol. The number of nitrogens with zero attached hydrogens (tertiary/aromatic N) is 5. The maximum absolute atomic E-state index is 15.2. The molecule has 0 saturated carbocycles. The van der Waals surface area contributed by atoms with E-state index in [-0.39, 0.29) is 17.2 Å². The van der Waals surface area contributed by atoms with Crippen LogP contribution in [0.4, 0.5) is 26.4 Å². The topological polar surface area (TPSA) is 98.0 Å². The Kier molecular flexibility index (Phi) is 6.01. The largest absolute Gasteiger partial charge is 0.433 e. The highest BCUT2D eigenvalue weighted by molar-refractivity contribution is 5.83. The predicted molar refractivity (Wildman–Crippen MR) is 131 cm³/mol. The first kappa shape index (κ1) is 23.0. The van der Waals surface area contributed by atoms with Crippen molar-refractivity contribution in [2.24, 2.45) is 0 Å². The number of aromatic nitrogens is 5. The molecule has 3 aromatic heterocycles. The average molecular weight is 483 g/mol. The highest BCUT2D eigenvalue weighted by atomic mass is 19.1. The van der Waals surface area contributed by atoms with E-state index in [2.05, 4.69) is 56.3 Å². The zero-order chi connectivity index (χ0) is 24.7. The number of halogens is 2. The van der Waals surface area contributed by atoms with E-state index in [1.807, 2.05) is 11.0 Å². The molecule has 1 saturated heterocycles. The third kappa shape index (κ3) is 4.76. The van der Waals surface area contributed by atoms with E-state index in [1.54, 1.807) is 13.0 Å². The van der Waals surface area contributed by atoms with Gasteiger partial charge in [-0.15, -0.1) is 0 Å². The van der Waals surface area contributed by atoms with Crippen molar-refractivity contribution in [2.45, 2.75) is 26.7 Å². The summed E-state index contributed by atoms with van der Waals surface area (Å²) in [5.41, 5.74) is 2.06. The Morgan fingerprint density at radius 1 is 1.03 bits per heavy atom. The summed E-state index contributed by atoms with van der Waals surface area (Å²) in [5, 5.41) is 10.7. The number of aryl methyl sites for hydroxylation is 1. The van der Waals surface area contributed by atoms with Crippen LogP contribution in [-0.2, 0) is 0 Å². The Morgan fingerprint density at radius 3 is 2.51 bits per heavy atom. The van der Waals surface area contributed by atoms with Crippen molar-refractivity contribution in [3.8, 4) is 11.6 Å². The van der Waals surface area contributed by atoms with Gasteiger partial charge in [-0.2, -0.15) is 15.1 Å². The minimum atomic E-state index is -0.819. The van der Waals surface area contributed by atoms with E-state index in [1.165, 1.54) is 12.1 Å². The molecule has 0 spiro atoms. The summed E-state index contributed by atoms with van der Waals surface area (Å²) in [7, 11) is 2.05. The number of ether oxygens (including phenoxy) is 1. The summed E-state index contributed by atoms with van der Waals surface area (Å²) in [6, 6.07) is 6.24. The molecule has 9 nitrogen and oxygen atoms in total. The number of fused-ring (bicyclic) bond motifs is 1. The zero-order valence-corrected chi connectivity index (χ0v) is 20.1. The molecular formula is C24H28F2N8O. The van der Waals surface area contributed by atoms with Crippen molar-refractivity contribution >= 4 is 28.5 Å². The molecule has 11 heteroatoms. The Labute approximate surface area is 201 Å². The Balaban J connectivity index is 1.51. The number of rotatable bonds is 6. The van der Waals surface area contributed by atoms with Gasteiger partial charge in [0.1, 0.15) is 5.82 Å². The number of hydrogen-bond acceptors (Lipinski definition) is 7. The molecule has 3 N–H and O–H groups in total. The molecule has 1 aromatic carbocycles. The van der Waals surface area contributed by atoms with Crippen LogP contribution in [0.5, 0.6) is 11.6 Å². The lowest BCUT2D eigenvalue weighted by Crippen LogP contribution is -2.45. The monoisotopic (exact) mass is 482 g/mol. The van der Waals surface area contributed by atoms with Gasteiger partial charge in [0.25, 0.3) is 0 Å².